The van der Waals surface area contributed by atoms with E-state index in [2.05, 4.69) is 21.2 Å². The molecule has 1 N–H and O–H groups in total. The molecule has 1 heterocycles. The number of hydrogen-bond donors (Lipinski definition) is 1. The number of nitrogens with one attached hydrogen (secondary N) is 1. The molecule has 0 spiro atoms. The van der Waals surface area contributed by atoms with Crippen molar-refractivity contribution in [1.82, 2.24) is 5.32 Å². The molecule has 0 fully saturated rings. The molecule has 0 aliphatic heterocycles. The van der Waals surface area contributed by atoms with Gasteiger partial charge in [0.05, 0.1) is 10.5 Å². The van der Waals surface area contributed by atoms with Crippen LogP contribution in [0.15, 0.2) is 33.4 Å². The Labute approximate surface area is 117 Å². The van der Waals surface area contributed by atoms with Crippen molar-refractivity contribution in [2.75, 3.05) is 6.54 Å². The summed E-state index contributed by atoms with van der Waals surface area (Å²) < 4.78 is 28.3. The first-order valence-corrected chi connectivity index (χ1v) is 7.27. The quantitative estimate of drug-likeness (QED) is 0.814. The van der Waals surface area contributed by atoms with Gasteiger partial charge in [-0.05, 0) is 57.0 Å². The van der Waals surface area contributed by atoms with Gasteiger partial charge in [-0.3, -0.25) is 0 Å². The smallest absolute Gasteiger partial charge is 0.145 e. The van der Waals surface area contributed by atoms with Crippen LogP contribution in [0.5, 0.6) is 0 Å². The van der Waals surface area contributed by atoms with Crippen LogP contribution in [0.25, 0.3) is 0 Å². The molecule has 0 aliphatic rings. The molecule has 1 atom stereocenters. The Hall–Kier alpha value is -0.780. The first-order chi connectivity index (χ1) is 8.65. The second-order valence-electron chi connectivity index (χ2n) is 3.80. The van der Waals surface area contributed by atoms with Crippen LogP contribution in [0.4, 0.5) is 8.78 Å². The Balaban J connectivity index is 2.52. The van der Waals surface area contributed by atoms with E-state index >= 15 is 0 Å². The summed E-state index contributed by atoms with van der Waals surface area (Å²) >= 11 is 4.60. The molecule has 2 rings (SSSR count). The van der Waals surface area contributed by atoms with Crippen LogP contribution < -0.4 is 5.32 Å². The summed E-state index contributed by atoms with van der Waals surface area (Å²) in [5.74, 6) is -1.08. The zero-order chi connectivity index (χ0) is 13.1. The van der Waals surface area contributed by atoms with E-state index < -0.39 is 17.7 Å². The van der Waals surface area contributed by atoms with Gasteiger partial charge >= 0.3 is 0 Å². The molecule has 0 amide bonds. The van der Waals surface area contributed by atoms with Crippen molar-refractivity contribution in [2.24, 2.45) is 0 Å². The highest BCUT2D eigenvalue weighted by Gasteiger charge is 2.23. The monoisotopic (exact) mass is 331 g/mol. The van der Waals surface area contributed by atoms with Crippen molar-refractivity contribution in [1.29, 1.82) is 0 Å². The van der Waals surface area contributed by atoms with Crippen LogP contribution in [0.3, 0.4) is 0 Å². The SMILES string of the molecule is CCNC(c1ccsc1)c1c(F)ccc(Br)c1F. The molecule has 0 bridgehead atoms. The zero-order valence-electron chi connectivity index (χ0n) is 9.71. The van der Waals surface area contributed by atoms with Gasteiger partial charge in [-0.1, -0.05) is 6.92 Å². The van der Waals surface area contributed by atoms with Crippen molar-refractivity contribution in [2.45, 2.75) is 13.0 Å². The van der Waals surface area contributed by atoms with Gasteiger partial charge in [0.2, 0.25) is 0 Å². The van der Waals surface area contributed by atoms with Crippen LogP contribution in [-0.2, 0) is 0 Å². The number of hydrogen-bond acceptors (Lipinski definition) is 2. The Kier molecular flexibility index (Phi) is 4.48. The molecular formula is C13H12BrF2NS. The van der Waals surface area contributed by atoms with Gasteiger partial charge in [0.1, 0.15) is 11.6 Å². The van der Waals surface area contributed by atoms with Crippen LogP contribution in [0.2, 0.25) is 0 Å². The Bertz CT molecular complexity index is 528. The van der Waals surface area contributed by atoms with E-state index in [4.69, 9.17) is 0 Å². The standard InChI is InChI=1S/C13H12BrF2NS/c1-2-17-13(8-5-6-18-7-8)11-10(15)4-3-9(14)12(11)16/h3-7,13,17H,2H2,1H3. The normalized spacial score (nSPS) is 12.7. The fourth-order valence-electron chi connectivity index (χ4n) is 1.84. The molecule has 1 aromatic heterocycles. The van der Waals surface area contributed by atoms with E-state index in [0.717, 1.165) is 5.56 Å². The number of halogens is 3. The number of rotatable bonds is 4. The molecule has 1 unspecified atom stereocenters. The molecule has 5 heteroatoms. The molecule has 0 radical (unpaired) electrons. The largest absolute Gasteiger partial charge is 0.306 e. The first-order valence-electron chi connectivity index (χ1n) is 5.54. The molecule has 96 valence electrons. The summed E-state index contributed by atoms with van der Waals surface area (Å²) in [5.41, 5.74) is 0.933. The summed E-state index contributed by atoms with van der Waals surface area (Å²) in [4.78, 5) is 0. The third-order valence-corrected chi connectivity index (χ3v) is 3.97. The van der Waals surface area contributed by atoms with Gasteiger partial charge < -0.3 is 5.32 Å². The highest BCUT2D eigenvalue weighted by atomic mass is 79.9. The lowest BCUT2D eigenvalue weighted by Gasteiger charge is -2.19. The molecule has 1 aromatic carbocycles. The third kappa shape index (κ3) is 2.63. The molecule has 0 saturated heterocycles. The lowest BCUT2D eigenvalue weighted by Crippen LogP contribution is -2.23. The van der Waals surface area contributed by atoms with Crippen molar-refractivity contribution in [3.63, 3.8) is 0 Å². The minimum Gasteiger partial charge on any atom is -0.306 e. The van der Waals surface area contributed by atoms with E-state index in [0.29, 0.717) is 6.54 Å². The summed E-state index contributed by atoms with van der Waals surface area (Å²) in [6.45, 7) is 2.54. The van der Waals surface area contributed by atoms with Gasteiger partial charge in [-0.2, -0.15) is 11.3 Å². The van der Waals surface area contributed by atoms with Crippen molar-refractivity contribution in [3.8, 4) is 0 Å². The lowest BCUT2D eigenvalue weighted by molar-refractivity contribution is 0.508. The first kappa shape index (κ1) is 13.6. The van der Waals surface area contributed by atoms with Gasteiger partial charge in [0, 0.05) is 5.56 Å². The summed E-state index contributed by atoms with van der Waals surface area (Å²) in [6, 6.07) is 4.07. The van der Waals surface area contributed by atoms with Gasteiger partial charge in [0.25, 0.3) is 0 Å². The molecular weight excluding hydrogens is 320 g/mol. The molecule has 0 saturated carbocycles. The van der Waals surface area contributed by atoms with E-state index in [1.54, 1.807) is 0 Å². The minimum absolute atomic E-state index is 0.0598. The maximum Gasteiger partial charge on any atom is 0.145 e. The van der Waals surface area contributed by atoms with Crippen molar-refractivity contribution < 1.29 is 8.78 Å². The third-order valence-electron chi connectivity index (χ3n) is 2.65. The van der Waals surface area contributed by atoms with Gasteiger partial charge in [0.15, 0.2) is 0 Å². The van der Waals surface area contributed by atoms with Crippen LogP contribution in [0, 0.1) is 11.6 Å². The van der Waals surface area contributed by atoms with Gasteiger partial charge in [-0.15, -0.1) is 0 Å². The lowest BCUT2D eigenvalue weighted by atomic mass is 10.00. The molecule has 1 nitrogen and oxygen atoms in total. The van der Waals surface area contributed by atoms with Crippen LogP contribution >= 0.6 is 27.3 Å². The molecule has 0 aliphatic carbocycles. The van der Waals surface area contributed by atoms with E-state index in [9.17, 15) is 8.78 Å². The van der Waals surface area contributed by atoms with E-state index in [1.165, 1.54) is 23.5 Å². The highest BCUT2D eigenvalue weighted by Crippen LogP contribution is 2.31. The predicted octanol–water partition coefficient (Wildman–Crippen LogP) is 4.49. The fourth-order valence-corrected chi connectivity index (χ4v) is 2.87. The summed E-state index contributed by atoms with van der Waals surface area (Å²) in [6.07, 6.45) is 0. The number of thiophene rings is 1. The predicted molar refractivity (Wildman–Crippen MR) is 73.9 cm³/mol. The fraction of sp³-hybridized carbons (Fsp3) is 0.231. The maximum atomic E-state index is 14.1. The van der Waals surface area contributed by atoms with Gasteiger partial charge in [-0.25, -0.2) is 8.78 Å². The maximum absolute atomic E-state index is 14.1. The zero-order valence-corrected chi connectivity index (χ0v) is 12.1. The average molecular weight is 332 g/mol. The topological polar surface area (TPSA) is 12.0 Å². The Morgan fingerprint density at radius 1 is 1.33 bits per heavy atom. The number of benzene rings is 1. The highest BCUT2D eigenvalue weighted by molar-refractivity contribution is 9.10. The minimum atomic E-state index is -0.549. The van der Waals surface area contributed by atoms with E-state index in [-0.39, 0.29) is 10.0 Å². The Morgan fingerprint density at radius 3 is 2.72 bits per heavy atom. The van der Waals surface area contributed by atoms with Crippen molar-refractivity contribution >= 4 is 27.3 Å². The van der Waals surface area contributed by atoms with E-state index in [1.807, 2.05) is 23.8 Å². The summed E-state index contributed by atoms with van der Waals surface area (Å²) in [5, 5.41) is 6.91. The van der Waals surface area contributed by atoms with Crippen LogP contribution in [-0.4, -0.2) is 6.54 Å². The summed E-state index contributed by atoms with van der Waals surface area (Å²) in [7, 11) is 0. The Morgan fingerprint density at radius 2 is 2.11 bits per heavy atom. The van der Waals surface area contributed by atoms with Crippen molar-refractivity contribution in [3.05, 3.63) is 56.2 Å². The van der Waals surface area contributed by atoms with Crippen LogP contribution in [0.1, 0.15) is 24.1 Å². The average Bonchev–Trinajstić information content (AvgIpc) is 2.87. The second-order valence-corrected chi connectivity index (χ2v) is 5.44. The second kappa shape index (κ2) is 5.91. The molecule has 18 heavy (non-hydrogen) atoms. The molecule has 2 aromatic rings.